The first-order valence-electron chi connectivity index (χ1n) is 8.68. The molecule has 1 atom stereocenters. The number of rotatable bonds is 2. The average Bonchev–Trinajstić information content (AvgIpc) is 2.81. The smallest absolute Gasteiger partial charge is 0.133 e. The van der Waals surface area contributed by atoms with Gasteiger partial charge in [-0.05, 0) is 27.7 Å². The Morgan fingerprint density at radius 3 is 2.40 bits per heavy atom. The van der Waals surface area contributed by atoms with E-state index < -0.39 is 0 Å². The van der Waals surface area contributed by atoms with Crippen LogP contribution in [0.2, 0.25) is 0 Å². The number of morpholine rings is 1. The van der Waals surface area contributed by atoms with Crippen LogP contribution < -0.4 is 4.90 Å². The summed E-state index contributed by atoms with van der Waals surface area (Å²) in [5.74, 6) is 1.76. The highest BCUT2D eigenvalue weighted by atomic mass is 16.5. The molecule has 3 radical (unpaired) electrons. The molecule has 1 saturated heterocycles. The molecule has 0 aliphatic carbocycles. The minimum absolute atomic E-state index is 0. The SMILES string of the molecule is CC.Cc1nc(-c2c(C)nn(C)c2C)cc(N2CCOC[C@H]2C)n1.[B]. The van der Waals surface area contributed by atoms with Crippen molar-refractivity contribution in [2.75, 3.05) is 24.7 Å². The summed E-state index contributed by atoms with van der Waals surface area (Å²) in [5.41, 5.74) is 4.18. The second kappa shape index (κ2) is 8.99. The molecular formula is C18H29BN5O. The highest BCUT2D eigenvalue weighted by Gasteiger charge is 2.22. The Kier molecular flexibility index (Phi) is 7.61. The van der Waals surface area contributed by atoms with Gasteiger partial charge in [0.25, 0.3) is 0 Å². The van der Waals surface area contributed by atoms with E-state index in [1.807, 2.05) is 39.4 Å². The highest BCUT2D eigenvalue weighted by molar-refractivity contribution is 5.75. The van der Waals surface area contributed by atoms with E-state index >= 15 is 0 Å². The van der Waals surface area contributed by atoms with Gasteiger partial charge in [0, 0.05) is 39.3 Å². The molecule has 2 aromatic rings. The monoisotopic (exact) mass is 342 g/mol. The minimum atomic E-state index is 0. The molecule has 7 heteroatoms. The molecule has 0 spiro atoms. The summed E-state index contributed by atoms with van der Waals surface area (Å²) in [6.07, 6.45) is 0. The van der Waals surface area contributed by atoms with Crippen LogP contribution in [0, 0.1) is 20.8 Å². The molecular weight excluding hydrogens is 313 g/mol. The van der Waals surface area contributed by atoms with E-state index in [2.05, 4.69) is 39.9 Å². The fourth-order valence-corrected chi connectivity index (χ4v) is 3.04. The summed E-state index contributed by atoms with van der Waals surface area (Å²) < 4.78 is 7.42. The van der Waals surface area contributed by atoms with Crippen molar-refractivity contribution >= 4 is 14.2 Å². The van der Waals surface area contributed by atoms with Gasteiger partial charge in [0.05, 0.1) is 30.6 Å². The van der Waals surface area contributed by atoms with Crippen molar-refractivity contribution in [3.63, 3.8) is 0 Å². The van der Waals surface area contributed by atoms with Gasteiger partial charge in [0.1, 0.15) is 11.6 Å². The lowest BCUT2D eigenvalue weighted by Crippen LogP contribution is -2.44. The lowest BCUT2D eigenvalue weighted by Gasteiger charge is -2.34. The van der Waals surface area contributed by atoms with Gasteiger partial charge >= 0.3 is 0 Å². The van der Waals surface area contributed by atoms with Gasteiger partial charge in [0.15, 0.2) is 0 Å². The first kappa shape index (κ1) is 21.2. The zero-order chi connectivity index (χ0) is 17.9. The van der Waals surface area contributed by atoms with Crippen LogP contribution in [-0.2, 0) is 11.8 Å². The number of ether oxygens (including phenoxy) is 1. The largest absolute Gasteiger partial charge is 0.377 e. The topological polar surface area (TPSA) is 56.1 Å². The molecule has 0 unspecified atom stereocenters. The van der Waals surface area contributed by atoms with Crippen LogP contribution in [-0.4, -0.2) is 54.0 Å². The number of hydrogen-bond donors (Lipinski definition) is 0. The number of aromatic nitrogens is 4. The van der Waals surface area contributed by atoms with Crippen LogP contribution in [0.4, 0.5) is 5.82 Å². The zero-order valence-electron chi connectivity index (χ0n) is 16.5. The predicted molar refractivity (Wildman–Crippen MR) is 103 cm³/mol. The van der Waals surface area contributed by atoms with Crippen LogP contribution in [0.5, 0.6) is 0 Å². The van der Waals surface area contributed by atoms with Gasteiger partial charge in [-0.1, -0.05) is 13.8 Å². The summed E-state index contributed by atoms with van der Waals surface area (Å²) in [5, 5.41) is 4.50. The molecule has 0 N–H and O–H groups in total. The first-order valence-corrected chi connectivity index (χ1v) is 8.68. The maximum atomic E-state index is 5.52. The second-order valence-corrected chi connectivity index (χ2v) is 5.95. The molecule has 0 amide bonds. The van der Waals surface area contributed by atoms with Crippen molar-refractivity contribution in [1.29, 1.82) is 0 Å². The minimum Gasteiger partial charge on any atom is -0.377 e. The Balaban J connectivity index is 0.00000101. The molecule has 25 heavy (non-hydrogen) atoms. The van der Waals surface area contributed by atoms with E-state index in [0.29, 0.717) is 6.04 Å². The first-order chi connectivity index (χ1) is 11.5. The van der Waals surface area contributed by atoms with Crippen molar-refractivity contribution in [3.05, 3.63) is 23.3 Å². The van der Waals surface area contributed by atoms with Crippen LogP contribution in [0.25, 0.3) is 11.3 Å². The highest BCUT2D eigenvalue weighted by Crippen LogP contribution is 2.28. The van der Waals surface area contributed by atoms with Gasteiger partial charge in [0.2, 0.25) is 0 Å². The Bertz CT molecular complexity index is 701. The summed E-state index contributed by atoms with van der Waals surface area (Å²) in [6.45, 7) is 14.6. The summed E-state index contributed by atoms with van der Waals surface area (Å²) in [4.78, 5) is 11.6. The zero-order valence-corrected chi connectivity index (χ0v) is 16.5. The van der Waals surface area contributed by atoms with Crippen molar-refractivity contribution in [1.82, 2.24) is 19.7 Å². The standard InChI is InChI=1S/C16H23N5O.C2H6.B/c1-10-9-22-7-6-21(10)15-8-14(17-13(4)18-15)16-11(2)19-20(5)12(16)3;1-2;/h8,10H,6-7,9H2,1-5H3;1-2H3;/t10-;;/m1../s1. The number of anilines is 1. The fraction of sp³-hybridized carbons (Fsp3) is 0.611. The maximum Gasteiger partial charge on any atom is 0.133 e. The van der Waals surface area contributed by atoms with Gasteiger partial charge in [-0.2, -0.15) is 5.10 Å². The molecule has 0 aromatic carbocycles. The van der Waals surface area contributed by atoms with E-state index in [1.54, 1.807) is 0 Å². The Morgan fingerprint density at radius 1 is 1.16 bits per heavy atom. The number of aryl methyl sites for hydroxylation is 3. The van der Waals surface area contributed by atoms with E-state index in [9.17, 15) is 0 Å². The van der Waals surface area contributed by atoms with Crippen LogP contribution in [0.15, 0.2) is 6.07 Å². The van der Waals surface area contributed by atoms with Crippen LogP contribution in [0.1, 0.15) is 38.0 Å². The molecule has 3 heterocycles. The molecule has 1 aliphatic rings. The number of nitrogens with zero attached hydrogens (tertiary/aromatic N) is 5. The van der Waals surface area contributed by atoms with Crippen molar-refractivity contribution in [3.8, 4) is 11.3 Å². The van der Waals surface area contributed by atoms with Gasteiger partial charge in [-0.25, -0.2) is 9.97 Å². The van der Waals surface area contributed by atoms with Crippen molar-refractivity contribution in [2.45, 2.75) is 47.6 Å². The Morgan fingerprint density at radius 2 is 1.84 bits per heavy atom. The summed E-state index contributed by atoms with van der Waals surface area (Å²) in [7, 11) is 1.96. The van der Waals surface area contributed by atoms with Crippen molar-refractivity contribution in [2.24, 2.45) is 7.05 Å². The normalized spacial score (nSPS) is 16.8. The Labute approximate surface area is 153 Å². The molecule has 1 fully saturated rings. The van der Waals surface area contributed by atoms with Gasteiger partial charge in [-0.3, -0.25) is 4.68 Å². The van der Waals surface area contributed by atoms with E-state index in [-0.39, 0.29) is 8.41 Å². The van der Waals surface area contributed by atoms with Gasteiger partial charge < -0.3 is 9.64 Å². The molecule has 0 saturated carbocycles. The summed E-state index contributed by atoms with van der Waals surface area (Å²) in [6, 6.07) is 2.40. The second-order valence-electron chi connectivity index (χ2n) is 5.95. The third-order valence-electron chi connectivity index (χ3n) is 4.25. The maximum absolute atomic E-state index is 5.52. The number of hydrogen-bond acceptors (Lipinski definition) is 5. The van der Waals surface area contributed by atoms with Crippen molar-refractivity contribution < 1.29 is 4.74 Å². The lowest BCUT2D eigenvalue weighted by molar-refractivity contribution is 0.0985. The molecule has 6 nitrogen and oxygen atoms in total. The third-order valence-corrected chi connectivity index (χ3v) is 4.25. The molecule has 0 bridgehead atoms. The van der Waals surface area contributed by atoms with E-state index in [1.165, 1.54) is 0 Å². The predicted octanol–water partition coefficient (Wildman–Crippen LogP) is 2.67. The van der Waals surface area contributed by atoms with Crippen LogP contribution >= 0.6 is 0 Å². The quantitative estimate of drug-likeness (QED) is 0.786. The van der Waals surface area contributed by atoms with Gasteiger partial charge in [-0.15, -0.1) is 0 Å². The molecule has 3 rings (SSSR count). The molecule has 135 valence electrons. The van der Waals surface area contributed by atoms with E-state index in [4.69, 9.17) is 4.74 Å². The third kappa shape index (κ3) is 4.40. The van der Waals surface area contributed by atoms with Crippen LogP contribution in [0.3, 0.4) is 0 Å². The summed E-state index contributed by atoms with van der Waals surface area (Å²) >= 11 is 0. The van der Waals surface area contributed by atoms with E-state index in [0.717, 1.165) is 54.0 Å². The average molecular weight is 342 g/mol. The molecule has 2 aromatic heterocycles. The lowest BCUT2D eigenvalue weighted by atomic mass is 10.1. The fourth-order valence-electron chi connectivity index (χ4n) is 3.04. The Hall–Kier alpha value is -1.89. The molecule has 1 aliphatic heterocycles.